The van der Waals surface area contributed by atoms with Gasteiger partial charge in [0.05, 0.1) is 12.0 Å². The van der Waals surface area contributed by atoms with Crippen molar-refractivity contribution in [2.75, 3.05) is 31.5 Å². The zero-order valence-electron chi connectivity index (χ0n) is 19.1. The average molecular weight is 434 g/mol. The lowest BCUT2D eigenvalue weighted by Gasteiger charge is -2.39. The van der Waals surface area contributed by atoms with Crippen molar-refractivity contribution in [3.63, 3.8) is 0 Å². The molecule has 5 heteroatoms. The summed E-state index contributed by atoms with van der Waals surface area (Å²) in [6.45, 7) is 5.22. The van der Waals surface area contributed by atoms with Crippen LogP contribution in [0.2, 0.25) is 0 Å². The maximum Gasteiger partial charge on any atom is 0.239 e. The Labute approximate surface area is 191 Å². The van der Waals surface area contributed by atoms with Crippen LogP contribution in [0.1, 0.15) is 38.2 Å². The minimum atomic E-state index is -0.173. The number of nitrogens with one attached hydrogen (secondary N) is 1. The Morgan fingerprint density at radius 2 is 1.59 bits per heavy atom. The molecule has 170 valence electrons. The first-order chi connectivity index (χ1) is 15.6. The highest BCUT2D eigenvalue weighted by Gasteiger charge is 2.33. The van der Waals surface area contributed by atoms with Crippen molar-refractivity contribution in [3.05, 3.63) is 66.2 Å². The minimum absolute atomic E-state index is 0.0577. The third-order valence-corrected chi connectivity index (χ3v) is 7.06. The number of hydrogen-bond acceptors (Lipinski definition) is 3. The number of amides is 2. The van der Waals surface area contributed by atoms with E-state index in [9.17, 15) is 9.59 Å². The molecule has 2 aliphatic rings. The summed E-state index contributed by atoms with van der Waals surface area (Å²) >= 11 is 0. The number of rotatable bonds is 6. The van der Waals surface area contributed by atoms with Gasteiger partial charge in [-0.3, -0.25) is 14.5 Å². The molecule has 1 N–H and O–H groups in total. The SMILES string of the molecule is CC(C(=O)N1CCC(Cc2ccccc2)CC1)N1CCCC(C(=O)Nc2ccccc2)C1. The second-order valence-electron chi connectivity index (χ2n) is 9.32. The Morgan fingerprint density at radius 1 is 0.938 bits per heavy atom. The molecule has 2 unspecified atom stereocenters. The fraction of sp³-hybridized carbons (Fsp3) is 0.481. The quantitative estimate of drug-likeness (QED) is 0.743. The molecule has 32 heavy (non-hydrogen) atoms. The van der Waals surface area contributed by atoms with E-state index >= 15 is 0 Å². The molecule has 2 aromatic carbocycles. The van der Waals surface area contributed by atoms with Gasteiger partial charge in [-0.2, -0.15) is 0 Å². The lowest BCUT2D eigenvalue weighted by Crippen LogP contribution is -2.53. The maximum absolute atomic E-state index is 13.2. The first-order valence-electron chi connectivity index (χ1n) is 12.0. The highest BCUT2D eigenvalue weighted by Crippen LogP contribution is 2.25. The van der Waals surface area contributed by atoms with Gasteiger partial charge in [0, 0.05) is 25.3 Å². The molecule has 0 bridgehead atoms. The van der Waals surface area contributed by atoms with Gasteiger partial charge >= 0.3 is 0 Å². The summed E-state index contributed by atoms with van der Waals surface area (Å²) < 4.78 is 0. The van der Waals surface area contributed by atoms with Crippen LogP contribution in [0.5, 0.6) is 0 Å². The maximum atomic E-state index is 13.2. The monoisotopic (exact) mass is 433 g/mol. The van der Waals surface area contributed by atoms with E-state index in [1.54, 1.807) is 0 Å². The molecule has 2 aliphatic heterocycles. The molecule has 0 aliphatic carbocycles. The van der Waals surface area contributed by atoms with Crippen LogP contribution >= 0.6 is 0 Å². The molecule has 0 aromatic heterocycles. The molecule has 2 amide bonds. The van der Waals surface area contributed by atoms with E-state index in [0.717, 1.165) is 57.4 Å². The molecule has 0 saturated carbocycles. The van der Waals surface area contributed by atoms with E-state index < -0.39 is 0 Å². The second-order valence-corrected chi connectivity index (χ2v) is 9.32. The molecule has 0 spiro atoms. The minimum Gasteiger partial charge on any atom is -0.341 e. The van der Waals surface area contributed by atoms with E-state index in [-0.39, 0.29) is 23.8 Å². The molecule has 2 fully saturated rings. The third kappa shape index (κ3) is 5.77. The molecule has 0 radical (unpaired) electrons. The number of para-hydroxylation sites is 1. The van der Waals surface area contributed by atoms with Crippen LogP contribution in [0.4, 0.5) is 5.69 Å². The summed E-state index contributed by atoms with van der Waals surface area (Å²) in [7, 11) is 0. The number of anilines is 1. The number of piperidine rings is 2. The van der Waals surface area contributed by atoms with Gasteiger partial charge in [0.15, 0.2) is 0 Å². The van der Waals surface area contributed by atoms with Crippen LogP contribution in [0.15, 0.2) is 60.7 Å². The zero-order valence-corrected chi connectivity index (χ0v) is 19.1. The molecular formula is C27H35N3O2. The summed E-state index contributed by atoms with van der Waals surface area (Å²) in [5, 5.41) is 3.03. The van der Waals surface area contributed by atoms with Gasteiger partial charge in [0.25, 0.3) is 0 Å². The fourth-order valence-electron chi connectivity index (χ4n) is 5.06. The van der Waals surface area contributed by atoms with Crippen LogP contribution in [0.3, 0.4) is 0 Å². The molecule has 2 saturated heterocycles. The third-order valence-electron chi connectivity index (χ3n) is 7.06. The van der Waals surface area contributed by atoms with E-state index in [1.807, 2.05) is 42.2 Å². The molecule has 2 heterocycles. The smallest absolute Gasteiger partial charge is 0.239 e. The van der Waals surface area contributed by atoms with Gasteiger partial charge in [-0.25, -0.2) is 0 Å². The van der Waals surface area contributed by atoms with Crippen LogP contribution in [-0.4, -0.2) is 53.8 Å². The zero-order chi connectivity index (χ0) is 22.3. The Bertz CT molecular complexity index is 878. The number of carbonyl (C=O) groups excluding carboxylic acids is 2. The summed E-state index contributed by atoms with van der Waals surface area (Å²) in [5.41, 5.74) is 2.22. The van der Waals surface area contributed by atoms with Crippen molar-refractivity contribution in [1.82, 2.24) is 9.80 Å². The number of hydrogen-bond donors (Lipinski definition) is 1. The van der Waals surface area contributed by atoms with Crippen molar-refractivity contribution >= 4 is 17.5 Å². The fourth-order valence-corrected chi connectivity index (χ4v) is 5.06. The van der Waals surface area contributed by atoms with Gasteiger partial charge < -0.3 is 10.2 Å². The van der Waals surface area contributed by atoms with E-state index in [0.29, 0.717) is 12.5 Å². The summed E-state index contributed by atoms with van der Waals surface area (Å²) in [5.74, 6) is 0.850. The lowest BCUT2D eigenvalue weighted by molar-refractivity contribution is -0.139. The Balaban J connectivity index is 1.26. The molecule has 2 atom stereocenters. The highest BCUT2D eigenvalue weighted by molar-refractivity contribution is 5.92. The summed E-state index contributed by atoms with van der Waals surface area (Å²) in [4.78, 5) is 30.2. The number of carbonyl (C=O) groups is 2. The average Bonchev–Trinajstić information content (AvgIpc) is 2.85. The van der Waals surface area contributed by atoms with Crippen LogP contribution < -0.4 is 5.32 Å². The van der Waals surface area contributed by atoms with Gasteiger partial charge in [0.1, 0.15) is 0 Å². The summed E-state index contributed by atoms with van der Waals surface area (Å²) in [6, 6.07) is 20.1. The predicted molar refractivity (Wildman–Crippen MR) is 128 cm³/mol. The Hall–Kier alpha value is -2.66. The predicted octanol–water partition coefficient (Wildman–Crippen LogP) is 4.21. The topological polar surface area (TPSA) is 52.7 Å². The van der Waals surface area contributed by atoms with Crippen molar-refractivity contribution in [2.24, 2.45) is 11.8 Å². The van der Waals surface area contributed by atoms with E-state index in [2.05, 4.69) is 40.5 Å². The first-order valence-corrected chi connectivity index (χ1v) is 12.0. The molecule has 5 nitrogen and oxygen atoms in total. The lowest BCUT2D eigenvalue weighted by atomic mass is 9.90. The van der Waals surface area contributed by atoms with E-state index in [1.165, 1.54) is 5.56 Å². The number of benzene rings is 2. The van der Waals surface area contributed by atoms with Gasteiger partial charge in [0.2, 0.25) is 11.8 Å². The van der Waals surface area contributed by atoms with Crippen LogP contribution in [0, 0.1) is 11.8 Å². The van der Waals surface area contributed by atoms with Crippen molar-refractivity contribution < 1.29 is 9.59 Å². The first kappa shape index (κ1) is 22.5. The normalized spacial score (nSPS) is 21.2. The van der Waals surface area contributed by atoms with Gasteiger partial charge in [-0.15, -0.1) is 0 Å². The van der Waals surface area contributed by atoms with Crippen LogP contribution in [0.25, 0.3) is 0 Å². The largest absolute Gasteiger partial charge is 0.341 e. The van der Waals surface area contributed by atoms with Gasteiger partial charge in [-0.1, -0.05) is 48.5 Å². The van der Waals surface area contributed by atoms with Crippen molar-refractivity contribution in [3.8, 4) is 0 Å². The van der Waals surface area contributed by atoms with Gasteiger partial charge in [-0.05, 0) is 69.2 Å². The Kier molecular flexibility index (Phi) is 7.59. The second kappa shape index (κ2) is 10.8. The standard InChI is InChI=1S/C27H35N3O2/c1-21(27(32)29-17-14-23(15-18-29)19-22-9-4-2-5-10-22)30-16-8-11-24(20-30)26(31)28-25-12-6-3-7-13-25/h2-7,9-10,12-13,21,23-24H,8,11,14-20H2,1H3,(H,28,31). The number of nitrogens with zero attached hydrogens (tertiary/aromatic N) is 2. The molecule has 4 rings (SSSR count). The van der Waals surface area contributed by atoms with Crippen LogP contribution in [-0.2, 0) is 16.0 Å². The van der Waals surface area contributed by atoms with E-state index in [4.69, 9.17) is 0 Å². The Morgan fingerprint density at radius 3 is 2.28 bits per heavy atom. The number of likely N-dealkylation sites (tertiary alicyclic amines) is 2. The van der Waals surface area contributed by atoms with Crippen molar-refractivity contribution in [2.45, 2.75) is 45.1 Å². The van der Waals surface area contributed by atoms with Crippen molar-refractivity contribution in [1.29, 1.82) is 0 Å². The molecule has 2 aromatic rings. The highest BCUT2D eigenvalue weighted by atomic mass is 16.2. The summed E-state index contributed by atoms with van der Waals surface area (Å²) in [6.07, 6.45) is 5.05. The molecular weight excluding hydrogens is 398 g/mol.